The molecule has 0 amide bonds. The number of aromatic nitrogens is 3. The van der Waals surface area contributed by atoms with Gasteiger partial charge in [0.15, 0.2) is 10.8 Å². The normalized spacial score (nSPS) is 15.9. The molecule has 0 saturated carbocycles. The number of alkyl halides is 1. The van der Waals surface area contributed by atoms with Crippen LogP contribution in [-0.2, 0) is 11.3 Å². The predicted molar refractivity (Wildman–Crippen MR) is 117 cm³/mol. The minimum atomic E-state index is -0.229. The van der Waals surface area contributed by atoms with E-state index in [1.165, 1.54) is 11.3 Å². The van der Waals surface area contributed by atoms with Crippen LogP contribution in [0.4, 0.5) is 5.13 Å². The zero-order chi connectivity index (χ0) is 19.8. The average molecular weight is 484 g/mol. The van der Waals surface area contributed by atoms with E-state index in [2.05, 4.69) is 25.8 Å². The maximum Gasteiger partial charge on any atom is 0.292 e. The molecular weight excluding hydrogens is 464 g/mol. The topological polar surface area (TPSA) is 60.2 Å². The number of hydrogen-bond acceptors (Lipinski definition) is 6. The van der Waals surface area contributed by atoms with Crippen molar-refractivity contribution in [1.29, 1.82) is 0 Å². The van der Waals surface area contributed by atoms with E-state index in [1.807, 2.05) is 36.6 Å². The van der Waals surface area contributed by atoms with Gasteiger partial charge in [-0.15, -0.1) is 0 Å². The quantitative estimate of drug-likeness (QED) is 0.522. The first-order chi connectivity index (χ1) is 13.5. The van der Waals surface area contributed by atoms with Crippen molar-refractivity contribution in [3.05, 3.63) is 50.5 Å². The van der Waals surface area contributed by atoms with E-state index in [4.69, 9.17) is 21.3 Å². The highest BCUT2D eigenvalue weighted by Crippen LogP contribution is 2.31. The fourth-order valence-corrected chi connectivity index (χ4v) is 4.84. The summed E-state index contributed by atoms with van der Waals surface area (Å²) in [4.78, 5) is 24.0. The Morgan fingerprint density at radius 2 is 2.07 bits per heavy atom. The second-order valence-corrected chi connectivity index (χ2v) is 9.51. The largest absolute Gasteiger partial charge is 0.378 e. The number of fused-ring (bicyclic) bond motifs is 1. The van der Waals surface area contributed by atoms with Gasteiger partial charge >= 0.3 is 0 Å². The van der Waals surface area contributed by atoms with E-state index < -0.39 is 0 Å². The van der Waals surface area contributed by atoms with Crippen LogP contribution in [0.1, 0.15) is 28.7 Å². The number of rotatable bonds is 4. The third kappa shape index (κ3) is 3.70. The van der Waals surface area contributed by atoms with Crippen LogP contribution in [0.25, 0.3) is 10.3 Å². The van der Waals surface area contributed by atoms with Gasteiger partial charge in [-0.3, -0.25) is 4.79 Å². The molecule has 0 spiro atoms. The smallest absolute Gasteiger partial charge is 0.292 e. The number of nitrogens with zero attached hydrogens (tertiary/aromatic N) is 4. The maximum absolute atomic E-state index is 12.7. The van der Waals surface area contributed by atoms with E-state index in [0.29, 0.717) is 35.9 Å². The van der Waals surface area contributed by atoms with Gasteiger partial charge in [0.2, 0.25) is 0 Å². The van der Waals surface area contributed by atoms with Gasteiger partial charge in [0.05, 0.1) is 24.6 Å². The number of thiazole rings is 1. The summed E-state index contributed by atoms with van der Waals surface area (Å²) < 4.78 is 8.04. The van der Waals surface area contributed by atoms with E-state index >= 15 is 0 Å². The van der Waals surface area contributed by atoms with Gasteiger partial charge in [-0.25, -0.2) is 4.98 Å². The number of morpholine rings is 1. The summed E-state index contributed by atoms with van der Waals surface area (Å²) >= 11 is 11.3. The van der Waals surface area contributed by atoms with Gasteiger partial charge in [-0.1, -0.05) is 51.0 Å². The van der Waals surface area contributed by atoms with E-state index in [9.17, 15) is 4.79 Å². The highest BCUT2D eigenvalue weighted by molar-refractivity contribution is 9.09. The van der Waals surface area contributed by atoms with Gasteiger partial charge in [0, 0.05) is 18.1 Å². The highest BCUT2D eigenvalue weighted by atomic mass is 79.9. The SMILES string of the molecule is Cc1c(Cl)cccc1Cn1c(C(C)Br)nc(=O)c2sc(N3CCOCC3)nc21. The first-order valence-corrected chi connectivity index (χ1v) is 11.2. The van der Waals surface area contributed by atoms with Crippen LogP contribution >= 0.6 is 38.9 Å². The van der Waals surface area contributed by atoms with Gasteiger partial charge in [-0.2, -0.15) is 4.98 Å². The summed E-state index contributed by atoms with van der Waals surface area (Å²) in [6.45, 7) is 7.40. The van der Waals surface area contributed by atoms with Crippen molar-refractivity contribution in [2.75, 3.05) is 31.2 Å². The minimum Gasteiger partial charge on any atom is -0.378 e. The molecule has 1 fully saturated rings. The molecular formula is C19H20BrClN4O2S. The lowest BCUT2D eigenvalue weighted by Gasteiger charge is -2.25. The molecule has 1 aliphatic heterocycles. The van der Waals surface area contributed by atoms with E-state index in [-0.39, 0.29) is 10.4 Å². The lowest BCUT2D eigenvalue weighted by molar-refractivity contribution is 0.122. The molecule has 3 aromatic rings. The molecule has 4 rings (SSSR count). The average Bonchev–Trinajstić information content (AvgIpc) is 3.14. The predicted octanol–water partition coefficient (Wildman–Crippen LogP) is 4.16. The van der Waals surface area contributed by atoms with Crippen molar-refractivity contribution in [1.82, 2.24) is 14.5 Å². The Labute approximate surface area is 180 Å². The monoisotopic (exact) mass is 482 g/mol. The van der Waals surface area contributed by atoms with Crippen LogP contribution in [-0.4, -0.2) is 40.8 Å². The number of halogens is 2. The van der Waals surface area contributed by atoms with Crippen molar-refractivity contribution in [2.45, 2.75) is 25.2 Å². The molecule has 1 aromatic carbocycles. The third-order valence-corrected chi connectivity index (χ3v) is 6.80. The van der Waals surface area contributed by atoms with E-state index in [0.717, 1.165) is 34.4 Å². The van der Waals surface area contributed by atoms with Crippen LogP contribution in [0, 0.1) is 6.92 Å². The summed E-state index contributed by atoms with van der Waals surface area (Å²) in [5.74, 6) is 0.663. The lowest BCUT2D eigenvalue weighted by Crippen LogP contribution is -2.36. The van der Waals surface area contributed by atoms with Crippen molar-refractivity contribution in [3.63, 3.8) is 0 Å². The molecule has 0 radical (unpaired) electrons. The number of ether oxygens (including phenoxy) is 1. The second kappa shape index (κ2) is 8.10. The molecule has 6 nitrogen and oxygen atoms in total. The van der Waals surface area contributed by atoms with Crippen LogP contribution < -0.4 is 10.5 Å². The van der Waals surface area contributed by atoms with Crippen molar-refractivity contribution < 1.29 is 4.74 Å². The van der Waals surface area contributed by atoms with Crippen LogP contribution in [0.5, 0.6) is 0 Å². The van der Waals surface area contributed by atoms with Gasteiger partial charge in [0.1, 0.15) is 10.5 Å². The van der Waals surface area contributed by atoms with Crippen LogP contribution in [0.2, 0.25) is 5.02 Å². The first kappa shape index (κ1) is 19.8. The maximum atomic E-state index is 12.7. The molecule has 3 heterocycles. The molecule has 28 heavy (non-hydrogen) atoms. The van der Waals surface area contributed by atoms with Crippen molar-refractivity contribution >= 4 is 54.3 Å². The number of anilines is 1. The summed E-state index contributed by atoms with van der Waals surface area (Å²) in [6.07, 6.45) is 0. The molecule has 0 bridgehead atoms. The Balaban J connectivity index is 1.87. The fraction of sp³-hybridized carbons (Fsp3) is 0.421. The fourth-order valence-electron chi connectivity index (χ4n) is 3.29. The van der Waals surface area contributed by atoms with Gasteiger partial charge in [-0.05, 0) is 31.0 Å². The molecule has 1 aliphatic rings. The second-order valence-electron chi connectivity index (χ2n) is 6.75. The van der Waals surface area contributed by atoms with Crippen LogP contribution in [0.3, 0.4) is 0 Å². The Kier molecular flexibility index (Phi) is 5.73. The summed E-state index contributed by atoms with van der Waals surface area (Å²) in [6, 6.07) is 5.87. The molecule has 148 valence electrons. The van der Waals surface area contributed by atoms with Crippen LogP contribution in [0.15, 0.2) is 23.0 Å². The standard InChI is InChI=1S/C19H20BrClN4O2S/c1-11-13(4-3-5-14(11)21)10-25-16(12(2)20)22-18(26)15-17(25)23-19(28-15)24-6-8-27-9-7-24/h3-5,12H,6-10H2,1-2H3. The molecule has 0 N–H and O–H groups in total. The van der Waals surface area contributed by atoms with E-state index in [1.54, 1.807) is 0 Å². The first-order valence-electron chi connectivity index (χ1n) is 9.07. The summed E-state index contributed by atoms with van der Waals surface area (Å²) in [7, 11) is 0. The summed E-state index contributed by atoms with van der Waals surface area (Å²) in [5.41, 5.74) is 2.54. The Hall–Kier alpha value is -1.48. The zero-order valence-electron chi connectivity index (χ0n) is 15.6. The van der Waals surface area contributed by atoms with Gasteiger partial charge in [0.25, 0.3) is 5.56 Å². The molecule has 0 aliphatic carbocycles. The Morgan fingerprint density at radius 3 is 2.79 bits per heavy atom. The molecule has 1 atom stereocenters. The molecule has 9 heteroatoms. The van der Waals surface area contributed by atoms with Gasteiger partial charge < -0.3 is 14.2 Å². The molecule has 1 saturated heterocycles. The third-order valence-electron chi connectivity index (χ3n) is 4.89. The number of benzene rings is 1. The zero-order valence-corrected chi connectivity index (χ0v) is 18.8. The number of hydrogen-bond donors (Lipinski definition) is 0. The Morgan fingerprint density at radius 1 is 1.32 bits per heavy atom. The van der Waals surface area contributed by atoms with Crippen molar-refractivity contribution in [3.8, 4) is 0 Å². The molecule has 2 aromatic heterocycles. The highest BCUT2D eigenvalue weighted by Gasteiger charge is 2.22. The minimum absolute atomic E-state index is 0.0855. The summed E-state index contributed by atoms with van der Waals surface area (Å²) in [5, 5.41) is 1.57. The molecule has 1 unspecified atom stereocenters. The lowest BCUT2D eigenvalue weighted by atomic mass is 10.1. The van der Waals surface area contributed by atoms with Crippen molar-refractivity contribution in [2.24, 2.45) is 0 Å². The Bertz CT molecular complexity index is 1080.